The number of aromatic nitrogens is 1. The lowest BCUT2D eigenvalue weighted by Gasteiger charge is -2.11. The first-order valence-corrected chi connectivity index (χ1v) is 7.67. The van der Waals surface area contributed by atoms with Gasteiger partial charge in [0.2, 0.25) is 0 Å². The number of benzene rings is 1. The van der Waals surface area contributed by atoms with Crippen molar-refractivity contribution >= 4 is 17.4 Å². The van der Waals surface area contributed by atoms with E-state index in [1.54, 1.807) is 18.3 Å². The first-order chi connectivity index (χ1) is 11.2. The molecule has 0 spiro atoms. The number of rotatable bonds is 8. The third-order valence-electron chi connectivity index (χ3n) is 3.15. The maximum Gasteiger partial charge on any atom is 0.255 e. The second-order valence-electron chi connectivity index (χ2n) is 4.88. The van der Waals surface area contributed by atoms with Gasteiger partial charge in [0.1, 0.15) is 11.6 Å². The molecule has 0 aliphatic rings. The van der Waals surface area contributed by atoms with E-state index in [0.29, 0.717) is 31.1 Å². The number of carbonyl (C=O) groups excluding carboxylic acids is 1. The van der Waals surface area contributed by atoms with E-state index in [1.165, 1.54) is 0 Å². The molecule has 0 aliphatic heterocycles. The van der Waals surface area contributed by atoms with Crippen LogP contribution in [-0.2, 0) is 0 Å². The van der Waals surface area contributed by atoms with Gasteiger partial charge in [0.15, 0.2) is 0 Å². The van der Waals surface area contributed by atoms with E-state index in [1.807, 2.05) is 31.2 Å². The Labute approximate surface area is 136 Å². The number of anilines is 2. The average molecular weight is 314 g/mol. The highest BCUT2D eigenvalue weighted by Gasteiger charge is 2.11. The largest absolute Gasteiger partial charge is 0.494 e. The highest BCUT2D eigenvalue weighted by molar-refractivity contribution is 5.99. The fraction of sp³-hybridized carbons (Fsp3) is 0.294. The van der Waals surface area contributed by atoms with Crippen molar-refractivity contribution in [1.82, 2.24) is 10.3 Å². The van der Waals surface area contributed by atoms with E-state index < -0.39 is 0 Å². The second kappa shape index (κ2) is 8.75. The molecule has 1 amide bonds. The summed E-state index contributed by atoms with van der Waals surface area (Å²) in [5.74, 6) is 1.15. The normalized spacial score (nSPS) is 10.2. The SMILES string of the molecule is CCOc1ccc(Nc2ncccc2C(=O)NCCCN)cc1. The minimum atomic E-state index is -0.167. The maximum absolute atomic E-state index is 12.2. The van der Waals surface area contributed by atoms with Crippen molar-refractivity contribution in [1.29, 1.82) is 0 Å². The van der Waals surface area contributed by atoms with E-state index in [4.69, 9.17) is 10.5 Å². The molecule has 1 aromatic carbocycles. The van der Waals surface area contributed by atoms with Gasteiger partial charge in [-0.2, -0.15) is 0 Å². The Kier molecular flexibility index (Phi) is 6.38. The van der Waals surface area contributed by atoms with Crippen molar-refractivity contribution in [2.24, 2.45) is 5.73 Å². The van der Waals surface area contributed by atoms with E-state index in [0.717, 1.165) is 17.9 Å². The van der Waals surface area contributed by atoms with Gasteiger partial charge < -0.3 is 21.1 Å². The summed E-state index contributed by atoms with van der Waals surface area (Å²) in [5, 5.41) is 5.99. The molecule has 0 fully saturated rings. The van der Waals surface area contributed by atoms with Crippen LogP contribution in [-0.4, -0.2) is 30.6 Å². The number of hydrogen-bond acceptors (Lipinski definition) is 5. The Balaban J connectivity index is 2.09. The van der Waals surface area contributed by atoms with Crippen LogP contribution >= 0.6 is 0 Å². The standard InChI is InChI=1S/C17H22N4O2/c1-2-23-14-8-6-13(7-9-14)21-16-15(5-3-11-19-16)17(22)20-12-4-10-18/h3,5-9,11H,2,4,10,12,18H2,1H3,(H,19,21)(H,20,22). The van der Waals surface area contributed by atoms with Crippen LogP contribution in [0.4, 0.5) is 11.5 Å². The molecule has 0 unspecified atom stereocenters. The highest BCUT2D eigenvalue weighted by Crippen LogP contribution is 2.21. The molecule has 4 N–H and O–H groups in total. The molecule has 0 aliphatic carbocycles. The van der Waals surface area contributed by atoms with Gasteiger partial charge in [0, 0.05) is 18.4 Å². The predicted octanol–water partition coefficient (Wildman–Crippen LogP) is 2.30. The Hall–Kier alpha value is -2.60. The van der Waals surface area contributed by atoms with Crippen LogP contribution in [0, 0.1) is 0 Å². The van der Waals surface area contributed by atoms with Crippen molar-refractivity contribution in [2.75, 3.05) is 25.0 Å². The van der Waals surface area contributed by atoms with Gasteiger partial charge in [-0.25, -0.2) is 4.98 Å². The number of carbonyl (C=O) groups is 1. The van der Waals surface area contributed by atoms with Crippen LogP contribution in [0.25, 0.3) is 0 Å². The molecule has 122 valence electrons. The van der Waals surface area contributed by atoms with E-state index in [2.05, 4.69) is 15.6 Å². The zero-order valence-corrected chi connectivity index (χ0v) is 13.2. The molecule has 1 heterocycles. The second-order valence-corrected chi connectivity index (χ2v) is 4.88. The number of nitrogens with one attached hydrogen (secondary N) is 2. The molecule has 6 heteroatoms. The van der Waals surface area contributed by atoms with Crippen LogP contribution in [0.15, 0.2) is 42.6 Å². The number of ether oxygens (including phenoxy) is 1. The van der Waals surface area contributed by atoms with Gasteiger partial charge in [0.25, 0.3) is 5.91 Å². The summed E-state index contributed by atoms with van der Waals surface area (Å²) in [5.41, 5.74) is 6.77. The number of amides is 1. The monoisotopic (exact) mass is 314 g/mol. The Morgan fingerprint density at radius 3 is 2.74 bits per heavy atom. The van der Waals surface area contributed by atoms with Crippen molar-refractivity contribution in [2.45, 2.75) is 13.3 Å². The fourth-order valence-electron chi connectivity index (χ4n) is 2.03. The summed E-state index contributed by atoms with van der Waals surface area (Å²) in [6.45, 7) is 3.66. The van der Waals surface area contributed by atoms with Crippen LogP contribution in [0.3, 0.4) is 0 Å². The zero-order valence-electron chi connectivity index (χ0n) is 13.2. The topological polar surface area (TPSA) is 89.3 Å². The summed E-state index contributed by atoms with van der Waals surface area (Å²) in [4.78, 5) is 16.5. The summed E-state index contributed by atoms with van der Waals surface area (Å²) < 4.78 is 5.41. The molecular formula is C17H22N4O2. The molecule has 2 aromatic rings. The van der Waals surface area contributed by atoms with Gasteiger partial charge >= 0.3 is 0 Å². The van der Waals surface area contributed by atoms with Crippen molar-refractivity contribution in [3.05, 3.63) is 48.2 Å². The smallest absolute Gasteiger partial charge is 0.255 e. The Morgan fingerprint density at radius 2 is 2.04 bits per heavy atom. The van der Waals surface area contributed by atoms with Crippen LogP contribution in [0.1, 0.15) is 23.7 Å². The molecule has 0 saturated carbocycles. The molecular weight excluding hydrogens is 292 g/mol. The van der Waals surface area contributed by atoms with Crippen LogP contribution in [0.2, 0.25) is 0 Å². The van der Waals surface area contributed by atoms with Gasteiger partial charge in [0.05, 0.1) is 12.2 Å². The summed E-state index contributed by atoms with van der Waals surface area (Å²) in [6.07, 6.45) is 2.39. The van der Waals surface area contributed by atoms with Crippen molar-refractivity contribution < 1.29 is 9.53 Å². The Morgan fingerprint density at radius 1 is 1.26 bits per heavy atom. The first-order valence-electron chi connectivity index (χ1n) is 7.67. The lowest BCUT2D eigenvalue weighted by molar-refractivity contribution is 0.0954. The number of nitrogens with zero attached hydrogens (tertiary/aromatic N) is 1. The van der Waals surface area contributed by atoms with Gasteiger partial charge in [-0.3, -0.25) is 4.79 Å². The van der Waals surface area contributed by atoms with Gasteiger partial charge in [-0.05, 0) is 56.3 Å². The van der Waals surface area contributed by atoms with Crippen LogP contribution < -0.4 is 21.1 Å². The fourth-order valence-corrected chi connectivity index (χ4v) is 2.03. The van der Waals surface area contributed by atoms with Gasteiger partial charge in [-0.15, -0.1) is 0 Å². The average Bonchev–Trinajstić information content (AvgIpc) is 2.57. The van der Waals surface area contributed by atoms with E-state index >= 15 is 0 Å². The third-order valence-corrected chi connectivity index (χ3v) is 3.15. The molecule has 1 aromatic heterocycles. The highest BCUT2D eigenvalue weighted by atomic mass is 16.5. The molecule has 0 saturated heterocycles. The minimum Gasteiger partial charge on any atom is -0.494 e. The summed E-state index contributed by atoms with van der Waals surface area (Å²) in [6, 6.07) is 11.0. The van der Waals surface area contributed by atoms with E-state index in [-0.39, 0.29) is 5.91 Å². The maximum atomic E-state index is 12.2. The molecule has 0 radical (unpaired) electrons. The van der Waals surface area contributed by atoms with Crippen LogP contribution in [0.5, 0.6) is 5.75 Å². The molecule has 23 heavy (non-hydrogen) atoms. The number of nitrogens with two attached hydrogens (primary N) is 1. The van der Waals surface area contributed by atoms with Crippen molar-refractivity contribution in [3.63, 3.8) is 0 Å². The molecule has 0 bridgehead atoms. The van der Waals surface area contributed by atoms with E-state index in [9.17, 15) is 4.79 Å². The summed E-state index contributed by atoms with van der Waals surface area (Å²) >= 11 is 0. The third kappa shape index (κ3) is 4.96. The molecule has 2 rings (SSSR count). The number of pyridine rings is 1. The Bertz CT molecular complexity index is 629. The summed E-state index contributed by atoms with van der Waals surface area (Å²) in [7, 11) is 0. The lowest BCUT2D eigenvalue weighted by Crippen LogP contribution is -2.26. The van der Waals surface area contributed by atoms with Crippen molar-refractivity contribution in [3.8, 4) is 5.75 Å². The lowest BCUT2D eigenvalue weighted by atomic mass is 10.2. The quantitative estimate of drug-likeness (QED) is 0.651. The predicted molar refractivity (Wildman–Crippen MR) is 91.1 cm³/mol. The first kappa shape index (κ1) is 16.8. The number of hydrogen-bond donors (Lipinski definition) is 3. The van der Waals surface area contributed by atoms with Gasteiger partial charge in [-0.1, -0.05) is 0 Å². The zero-order chi connectivity index (χ0) is 16.5. The molecule has 6 nitrogen and oxygen atoms in total. The minimum absolute atomic E-state index is 0.167. The molecule has 0 atom stereocenters.